The maximum atomic E-state index is 3.86. The summed E-state index contributed by atoms with van der Waals surface area (Å²) in [6, 6.07) is 0. The summed E-state index contributed by atoms with van der Waals surface area (Å²) in [5.41, 5.74) is 0. The van der Waals surface area contributed by atoms with Gasteiger partial charge < -0.3 is 9.13 Å². The Kier molecular flexibility index (Phi) is 6.87. The lowest BCUT2D eigenvalue weighted by atomic mass is 10.7. The Hall–Kier alpha value is -0.323. The van der Waals surface area contributed by atoms with Crippen LogP contribution in [0.25, 0.3) is 0 Å². The van der Waals surface area contributed by atoms with Gasteiger partial charge in [-0.25, -0.2) is 0 Å². The molecule has 1 atom stereocenters. The molecule has 1 unspecified atom stereocenters. The van der Waals surface area contributed by atoms with Crippen molar-refractivity contribution in [2.24, 2.45) is 0 Å². The van der Waals surface area contributed by atoms with Crippen LogP contribution in [0.2, 0.25) is 0 Å². The summed E-state index contributed by atoms with van der Waals surface area (Å²) in [5, 5.41) is 0. The Balaban J connectivity index is 4.59. The van der Waals surface area contributed by atoms with E-state index in [1.807, 2.05) is 6.20 Å². The van der Waals surface area contributed by atoms with Gasteiger partial charge in [-0.3, -0.25) is 4.57 Å². The minimum absolute atomic E-state index is 1.10. The van der Waals surface area contributed by atoms with E-state index < -0.39 is 9.28 Å². The molecule has 0 aliphatic heterocycles. The van der Waals surface area contributed by atoms with Crippen LogP contribution < -0.4 is 0 Å². The molecule has 0 spiro atoms. The van der Waals surface area contributed by atoms with Crippen molar-refractivity contribution in [2.45, 2.75) is 20.8 Å². The normalized spacial score (nSPS) is 13.4. The Morgan fingerprint density at radius 3 is 1.86 bits per heavy atom. The van der Waals surface area contributed by atoms with E-state index in [0.29, 0.717) is 0 Å². The quantitative estimate of drug-likeness (QED) is 0.588. The van der Waals surface area contributed by atoms with E-state index in [1.165, 1.54) is 0 Å². The van der Waals surface area contributed by atoms with Crippen LogP contribution >= 0.6 is 0 Å². The van der Waals surface area contributed by atoms with Crippen LogP contribution in [0, 0.1) is 0 Å². The molecule has 0 aromatic carbocycles. The van der Waals surface area contributed by atoms with Gasteiger partial charge in [-0.05, 0) is 39.9 Å². The van der Waals surface area contributed by atoms with Crippen LogP contribution in [0.4, 0.5) is 0 Å². The second-order valence-corrected chi connectivity index (χ2v) is 6.61. The van der Waals surface area contributed by atoms with Crippen molar-refractivity contribution < 1.29 is 0 Å². The van der Waals surface area contributed by atoms with Gasteiger partial charge in [0.05, 0.1) is 0 Å². The molecule has 0 rings (SSSR count). The summed E-state index contributed by atoms with van der Waals surface area (Å²) in [4.78, 5) is 0. The van der Waals surface area contributed by atoms with Gasteiger partial charge in [0, 0.05) is 0 Å². The first-order valence-corrected chi connectivity index (χ1v) is 6.95. The summed E-state index contributed by atoms with van der Waals surface area (Å²) in [6.07, 6.45) is 1.95. The smallest absolute Gasteiger partial charge is 0.301 e. The average Bonchev–Trinajstić information content (AvgIpc) is 2.23. The van der Waals surface area contributed by atoms with Crippen molar-refractivity contribution in [1.82, 2.24) is 13.7 Å². The summed E-state index contributed by atoms with van der Waals surface area (Å²) >= 11 is 0. The Bertz CT molecular complexity index is 159. The first-order chi connectivity index (χ1) is 6.62. The fourth-order valence-electron chi connectivity index (χ4n) is 1.66. The molecule has 0 aromatic heterocycles. The molecule has 0 N–H and O–H groups in total. The molecular weight excluding hydrogens is 190 g/mol. The van der Waals surface area contributed by atoms with Gasteiger partial charge in [-0.2, -0.15) is 0 Å². The van der Waals surface area contributed by atoms with Gasteiger partial charge >= 0.3 is 9.28 Å². The Morgan fingerprint density at radius 2 is 1.57 bits per heavy atom. The predicted octanol–water partition coefficient (Wildman–Crippen LogP) is 1.07. The lowest BCUT2D eigenvalue weighted by Crippen LogP contribution is -2.59. The number of rotatable bonds is 7. The summed E-state index contributed by atoms with van der Waals surface area (Å²) in [6.45, 7) is 13.9. The van der Waals surface area contributed by atoms with Crippen LogP contribution in [0.3, 0.4) is 0 Å². The third-order valence-electron chi connectivity index (χ3n) is 2.68. The molecule has 0 bridgehead atoms. The second-order valence-electron chi connectivity index (χ2n) is 3.49. The second kappa shape index (κ2) is 7.03. The molecule has 3 nitrogen and oxygen atoms in total. The molecule has 0 aliphatic rings. The van der Waals surface area contributed by atoms with E-state index in [0.717, 1.165) is 19.6 Å². The van der Waals surface area contributed by atoms with Crippen LogP contribution in [0.5, 0.6) is 0 Å². The minimum Gasteiger partial charge on any atom is -0.385 e. The van der Waals surface area contributed by atoms with Gasteiger partial charge in [0.2, 0.25) is 0 Å². The van der Waals surface area contributed by atoms with Crippen molar-refractivity contribution in [3.8, 4) is 0 Å². The fraction of sp³-hybridized carbons (Fsp3) is 0.800. The highest BCUT2D eigenvalue weighted by Gasteiger charge is 2.25. The predicted molar refractivity (Wildman–Crippen MR) is 66.3 cm³/mol. The molecule has 14 heavy (non-hydrogen) atoms. The van der Waals surface area contributed by atoms with E-state index in [9.17, 15) is 0 Å². The number of nitrogens with zero attached hydrogens (tertiary/aromatic N) is 3. The van der Waals surface area contributed by atoms with Gasteiger partial charge in [0.15, 0.2) is 0 Å². The molecule has 0 fully saturated rings. The lowest BCUT2D eigenvalue weighted by molar-refractivity contribution is 0.355. The molecule has 0 amide bonds. The fourth-order valence-corrected chi connectivity index (χ4v) is 4.52. The summed E-state index contributed by atoms with van der Waals surface area (Å²) in [5.74, 6) is 0. The van der Waals surface area contributed by atoms with E-state index in [-0.39, 0.29) is 0 Å². The zero-order valence-electron chi connectivity index (χ0n) is 10.3. The lowest BCUT2D eigenvalue weighted by Gasteiger charge is -2.39. The topological polar surface area (TPSA) is 9.72 Å². The summed E-state index contributed by atoms with van der Waals surface area (Å²) in [7, 11) is 3.18. The highest BCUT2D eigenvalue weighted by Crippen LogP contribution is 2.03. The van der Waals surface area contributed by atoms with E-state index >= 15 is 0 Å². The Morgan fingerprint density at radius 1 is 1.07 bits per heavy atom. The van der Waals surface area contributed by atoms with Gasteiger partial charge in [-0.15, -0.1) is 0 Å². The standard InChI is InChI=1S/C10H25N3Si/c1-7-11(5)14(12(6)8-2)13(9-3)10-4/h7,14H,1,8-10H2,2-6H3. The van der Waals surface area contributed by atoms with Gasteiger partial charge in [-0.1, -0.05) is 27.4 Å². The van der Waals surface area contributed by atoms with Crippen molar-refractivity contribution in [2.75, 3.05) is 33.7 Å². The van der Waals surface area contributed by atoms with Crippen molar-refractivity contribution in [3.05, 3.63) is 12.8 Å². The van der Waals surface area contributed by atoms with E-state index in [1.54, 1.807) is 0 Å². The molecule has 4 heteroatoms. The molecule has 0 saturated heterocycles. The van der Waals surface area contributed by atoms with E-state index in [4.69, 9.17) is 0 Å². The van der Waals surface area contributed by atoms with Crippen LogP contribution in [-0.2, 0) is 0 Å². The zero-order chi connectivity index (χ0) is 11.1. The molecule has 0 saturated carbocycles. The average molecular weight is 215 g/mol. The molecule has 84 valence electrons. The Labute approximate surface area is 90.8 Å². The zero-order valence-corrected chi connectivity index (χ0v) is 11.5. The molecule has 0 heterocycles. The third-order valence-corrected chi connectivity index (χ3v) is 6.16. The monoisotopic (exact) mass is 215 g/mol. The number of hydrogen-bond acceptors (Lipinski definition) is 3. The van der Waals surface area contributed by atoms with Gasteiger partial charge in [0.1, 0.15) is 0 Å². The van der Waals surface area contributed by atoms with Crippen molar-refractivity contribution >= 4 is 9.28 Å². The SMILES string of the molecule is C=CN(C)[SiH](N(C)CC)N(CC)CC. The van der Waals surface area contributed by atoms with E-state index in [2.05, 4.69) is 55.1 Å². The molecule has 0 aromatic rings. The van der Waals surface area contributed by atoms with Crippen molar-refractivity contribution in [3.63, 3.8) is 0 Å². The largest absolute Gasteiger partial charge is 0.385 e. The molecular formula is C10H25N3Si. The first-order valence-electron chi connectivity index (χ1n) is 5.41. The van der Waals surface area contributed by atoms with Crippen LogP contribution in [-0.4, -0.2) is 56.7 Å². The first kappa shape index (κ1) is 13.7. The minimum atomic E-state index is -1.16. The highest BCUT2D eigenvalue weighted by atomic mass is 28.3. The molecule has 0 aliphatic carbocycles. The maximum Gasteiger partial charge on any atom is 0.301 e. The van der Waals surface area contributed by atoms with Crippen LogP contribution in [0.1, 0.15) is 20.8 Å². The maximum absolute atomic E-state index is 3.86. The third kappa shape index (κ3) is 3.44. The van der Waals surface area contributed by atoms with Crippen LogP contribution in [0.15, 0.2) is 12.8 Å². The van der Waals surface area contributed by atoms with Gasteiger partial charge in [0.25, 0.3) is 0 Å². The highest BCUT2D eigenvalue weighted by molar-refractivity contribution is 6.49. The molecule has 0 radical (unpaired) electrons. The van der Waals surface area contributed by atoms with Crippen molar-refractivity contribution in [1.29, 1.82) is 0 Å². The summed E-state index contributed by atoms with van der Waals surface area (Å²) < 4.78 is 7.29. The number of hydrogen-bond donors (Lipinski definition) is 0.